The molecule has 1 unspecified atom stereocenters. The first kappa shape index (κ1) is 14.6. The molecule has 4 nitrogen and oxygen atoms in total. The van der Waals surface area contributed by atoms with Gasteiger partial charge in [-0.2, -0.15) is 0 Å². The minimum atomic E-state index is -0.477. The molecule has 2 N–H and O–H groups in total. The largest absolute Gasteiger partial charge is 0.392 e. The van der Waals surface area contributed by atoms with E-state index >= 15 is 0 Å². The molecule has 0 aliphatic rings. The monoisotopic (exact) mass is 254 g/mol. The van der Waals surface area contributed by atoms with Gasteiger partial charge in [-0.15, -0.1) is 0 Å². The van der Waals surface area contributed by atoms with Crippen LogP contribution in [0.5, 0.6) is 0 Å². The lowest BCUT2D eigenvalue weighted by molar-refractivity contribution is -0.122. The molecule has 1 aromatic rings. The van der Waals surface area contributed by atoms with Crippen LogP contribution < -0.4 is 5.32 Å². The van der Waals surface area contributed by atoms with E-state index in [9.17, 15) is 9.18 Å². The fourth-order valence-corrected chi connectivity index (χ4v) is 1.65. The van der Waals surface area contributed by atoms with Crippen LogP contribution in [0, 0.1) is 5.82 Å². The molecule has 1 atom stereocenters. The van der Waals surface area contributed by atoms with Gasteiger partial charge in [-0.1, -0.05) is 18.2 Å². The van der Waals surface area contributed by atoms with E-state index < -0.39 is 6.10 Å². The van der Waals surface area contributed by atoms with Gasteiger partial charge in [-0.25, -0.2) is 4.39 Å². The van der Waals surface area contributed by atoms with Gasteiger partial charge in [0.25, 0.3) is 0 Å². The number of halogens is 1. The summed E-state index contributed by atoms with van der Waals surface area (Å²) in [7, 11) is 1.75. The van der Waals surface area contributed by atoms with Crippen molar-refractivity contribution >= 4 is 5.91 Å². The Balaban J connectivity index is 2.35. The molecule has 0 saturated carbocycles. The van der Waals surface area contributed by atoms with Crippen molar-refractivity contribution in [2.75, 3.05) is 20.1 Å². The van der Waals surface area contributed by atoms with E-state index in [0.29, 0.717) is 12.1 Å². The Kier molecular flexibility index (Phi) is 5.74. The molecule has 1 amide bonds. The van der Waals surface area contributed by atoms with Gasteiger partial charge in [0, 0.05) is 18.7 Å². The van der Waals surface area contributed by atoms with Crippen molar-refractivity contribution in [3.63, 3.8) is 0 Å². The minimum Gasteiger partial charge on any atom is -0.392 e. The number of nitrogens with one attached hydrogen (secondary N) is 1. The molecule has 0 bridgehead atoms. The first-order valence-corrected chi connectivity index (χ1v) is 5.85. The summed E-state index contributed by atoms with van der Waals surface area (Å²) < 4.78 is 13.3. The van der Waals surface area contributed by atoms with Gasteiger partial charge in [-0.05, 0) is 20.0 Å². The number of carbonyl (C=O) groups excluding carboxylic acids is 1. The maximum Gasteiger partial charge on any atom is 0.234 e. The normalized spacial score (nSPS) is 12.5. The topological polar surface area (TPSA) is 52.6 Å². The molecule has 0 aliphatic carbocycles. The molecule has 1 aromatic carbocycles. The van der Waals surface area contributed by atoms with E-state index in [0.717, 1.165) is 0 Å². The van der Waals surface area contributed by atoms with Crippen molar-refractivity contribution in [2.45, 2.75) is 19.6 Å². The molecule has 0 radical (unpaired) electrons. The third-order valence-corrected chi connectivity index (χ3v) is 2.42. The summed E-state index contributed by atoms with van der Waals surface area (Å²) in [4.78, 5) is 13.3. The molecule has 0 fully saturated rings. The SMILES string of the molecule is CC(O)CN(C)CC(=O)NCc1ccccc1F. The van der Waals surface area contributed by atoms with E-state index in [1.165, 1.54) is 6.07 Å². The third kappa shape index (κ3) is 5.25. The zero-order valence-electron chi connectivity index (χ0n) is 10.7. The molecular formula is C13H19FN2O2. The second-order valence-electron chi connectivity index (χ2n) is 4.41. The fraction of sp³-hybridized carbons (Fsp3) is 0.462. The van der Waals surface area contributed by atoms with E-state index in [-0.39, 0.29) is 24.8 Å². The predicted molar refractivity (Wildman–Crippen MR) is 67.4 cm³/mol. The van der Waals surface area contributed by atoms with E-state index in [2.05, 4.69) is 5.32 Å². The molecular weight excluding hydrogens is 235 g/mol. The summed E-state index contributed by atoms with van der Waals surface area (Å²) >= 11 is 0. The van der Waals surface area contributed by atoms with Gasteiger partial charge in [-0.3, -0.25) is 9.69 Å². The number of rotatable bonds is 6. The number of aliphatic hydroxyl groups excluding tert-OH is 1. The Labute approximate surface area is 106 Å². The number of amides is 1. The smallest absolute Gasteiger partial charge is 0.234 e. The molecule has 1 rings (SSSR count). The lowest BCUT2D eigenvalue weighted by Gasteiger charge is -2.17. The Morgan fingerprint density at radius 2 is 2.17 bits per heavy atom. The van der Waals surface area contributed by atoms with Gasteiger partial charge < -0.3 is 10.4 Å². The molecule has 18 heavy (non-hydrogen) atoms. The maximum atomic E-state index is 13.3. The maximum absolute atomic E-state index is 13.3. The first-order valence-electron chi connectivity index (χ1n) is 5.85. The minimum absolute atomic E-state index is 0.175. The molecule has 5 heteroatoms. The number of carbonyl (C=O) groups is 1. The second kappa shape index (κ2) is 7.08. The van der Waals surface area contributed by atoms with Crippen LogP contribution in [0.4, 0.5) is 4.39 Å². The van der Waals surface area contributed by atoms with Crippen LogP contribution in [0.1, 0.15) is 12.5 Å². The summed E-state index contributed by atoms with van der Waals surface area (Å²) in [6.07, 6.45) is -0.477. The van der Waals surface area contributed by atoms with Crippen molar-refractivity contribution in [2.24, 2.45) is 0 Å². The highest BCUT2D eigenvalue weighted by Crippen LogP contribution is 2.05. The molecule has 100 valence electrons. The van der Waals surface area contributed by atoms with Crippen LogP contribution >= 0.6 is 0 Å². The average molecular weight is 254 g/mol. The highest BCUT2D eigenvalue weighted by molar-refractivity contribution is 5.77. The van der Waals surface area contributed by atoms with Crippen LogP contribution in [0.25, 0.3) is 0 Å². The summed E-state index contributed by atoms with van der Waals surface area (Å²) in [6.45, 7) is 2.44. The molecule has 0 aromatic heterocycles. The first-order chi connectivity index (χ1) is 8.49. The standard InChI is InChI=1S/C13H19FN2O2/c1-10(17)8-16(2)9-13(18)15-7-11-5-3-4-6-12(11)14/h3-6,10,17H,7-9H2,1-2H3,(H,15,18). The van der Waals surface area contributed by atoms with Gasteiger partial charge in [0.05, 0.1) is 12.6 Å². The molecule has 0 heterocycles. The number of aliphatic hydroxyl groups is 1. The Morgan fingerprint density at radius 3 is 2.78 bits per heavy atom. The summed E-state index contributed by atoms with van der Waals surface area (Å²) in [5.41, 5.74) is 0.462. The van der Waals surface area contributed by atoms with Crippen LogP contribution in [0.2, 0.25) is 0 Å². The van der Waals surface area contributed by atoms with Gasteiger partial charge in [0.15, 0.2) is 0 Å². The molecule has 0 aliphatic heterocycles. The van der Waals surface area contributed by atoms with Crippen molar-refractivity contribution in [3.05, 3.63) is 35.6 Å². The number of hydrogen-bond donors (Lipinski definition) is 2. The van der Waals surface area contributed by atoms with Gasteiger partial charge >= 0.3 is 0 Å². The lowest BCUT2D eigenvalue weighted by Crippen LogP contribution is -2.37. The Bertz CT molecular complexity index is 396. The number of benzene rings is 1. The van der Waals surface area contributed by atoms with E-state index in [1.54, 1.807) is 37.1 Å². The number of hydrogen-bond acceptors (Lipinski definition) is 3. The van der Waals surface area contributed by atoms with Gasteiger partial charge in [0.1, 0.15) is 5.82 Å². The number of nitrogens with zero attached hydrogens (tertiary/aromatic N) is 1. The predicted octanol–water partition coefficient (Wildman–Crippen LogP) is 0.754. The highest BCUT2D eigenvalue weighted by atomic mass is 19.1. The van der Waals surface area contributed by atoms with Crippen LogP contribution in [0.3, 0.4) is 0 Å². The number of likely N-dealkylation sites (N-methyl/N-ethyl adjacent to an activating group) is 1. The van der Waals surface area contributed by atoms with E-state index in [1.807, 2.05) is 0 Å². The Morgan fingerprint density at radius 1 is 1.50 bits per heavy atom. The van der Waals surface area contributed by atoms with E-state index in [4.69, 9.17) is 5.11 Å². The second-order valence-corrected chi connectivity index (χ2v) is 4.41. The van der Waals surface area contributed by atoms with Crippen molar-refractivity contribution < 1.29 is 14.3 Å². The zero-order valence-corrected chi connectivity index (χ0v) is 10.7. The van der Waals surface area contributed by atoms with Crippen LogP contribution in [-0.4, -0.2) is 42.2 Å². The molecule has 0 spiro atoms. The summed E-state index contributed by atoms with van der Waals surface area (Å²) in [5.74, 6) is -0.517. The van der Waals surface area contributed by atoms with Crippen molar-refractivity contribution in [3.8, 4) is 0 Å². The van der Waals surface area contributed by atoms with Crippen LogP contribution in [-0.2, 0) is 11.3 Å². The van der Waals surface area contributed by atoms with Gasteiger partial charge in [0.2, 0.25) is 5.91 Å². The Hall–Kier alpha value is -1.46. The quantitative estimate of drug-likeness (QED) is 0.788. The molecule has 0 saturated heterocycles. The highest BCUT2D eigenvalue weighted by Gasteiger charge is 2.09. The summed E-state index contributed by atoms with van der Waals surface area (Å²) in [5, 5.41) is 11.8. The zero-order chi connectivity index (χ0) is 13.5. The van der Waals surface area contributed by atoms with Crippen molar-refractivity contribution in [1.82, 2.24) is 10.2 Å². The summed E-state index contributed by atoms with van der Waals surface area (Å²) in [6, 6.07) is 6.33. The average Bonchev–Trinajstić information content (AvgIpc) is 2.26. The third-order valence-electron chi connectivity index (χ3n) is 2.42. The van der Waals surface area contributed by atoms with Crippen LogP contribution in [0.15, 0.2) is 24.3 Å². The fourth-order valence-electron chi connectivity index (χ4n) is 1.65. The van der Waals surface area contributed by atoms with Crippen molar-refractivity contribution in [1.29, 1.82) is 0 Å². The lowest BCUT2D eigenvalue weighted by atomic mass is 10.2.